The molecule has 3 heteroatoms. The van der Waals surface area contributed by atoms with E-state index in [0.29, 0.717) is 0 Å². The van der Waals surface area contributed by atoms with Gasteiger partial charge in [0.05, 0.1) is 13.2 Å². The molecule has 0 bridgehead atoms. The van der Waals surface area contributed by atoms with E-state index in [2.05, 4.69) is 36.4 Å². The van der Waals surface area contributed by atoms with Crippen LogP contribution in [0.2, 0.25) is 0 Å². The van der Waals surface area contributed by atoms with Gasteiger partial charge in [-0.1, -0.05) is 43.5 Å². The molecule has 0 N–H and O–H groups in total. The van der Waals surface area contributed by atoms with E-state index < -0.39 is 0 Å². The van der Waals surface area contributed by atoms with Crippen molar-refractivity contribution >= 4 is 22.5 Å². The average Bonchev–Trinajstić information content (AvgIpc) is 2.65. The molecule has 1 aliphatic rings. The highest BCUT2D eigenvalue weighted by molar-refractivity contribution is 7.99. The van der Waals surface area contributed by atoms with Crippen LogP contribution < -0.4 is 4.74 Å². The van der Waals surface area contributed by atoms with Gasteiger partial charge in [-0.05, 0) is 43.2 Å². The molecule has 1 aliphatic carbocycles. The van der Waals surface area contributed by atoms with Gasteiger partial charge in [0.2, 0.25) is 0 Å². The van der Waals surface area contributed by atoms with E-state index in [1.54, 1.807) is 0 Å². The number of fused-ring (bicyclic) bond motifs is 1. The first-order valence-electron chi connectivity index (χ1n) is 9.23. The van der Waals surface area contributed by atoms with Crippen molar-refractivity contribution in [3.8, 4) is 5.75 Å². The van der Waals surface area contributed by atoms with E-state index in [-0.39, 0.29) is 0 Å². The van der Waals surface area contributed by atoms with Gasteiger partial charge < -0.3 is 9.47 Å². The lowest BCUT2D eigenvalue weighted by molar-refractivity contribution is 0.164. The number of ether oxygens (including phenoxy) is 2. The van der Waals surface area contributed by atoms with Crippen LogP contribution in [0.25, 0.3) is 10.8 Å². The van der Waals surface area contributed by atoms with Crippen molar-refractivity contribution in [2.45, 2.75) is 43.9 Å². The fraction of sp³-hybridized carbons (Fsp3) is 0.524. The summed E-state index contributed by atoms with van der Waals surface area (Å²) in [5.74, 6) is 2.75. The SMILES string of the molecule is CCOCCSc1ccc(OCC2CCCCC2)c2ccccc12. The van der Waals surface area contributed by atoms with E-state index in [1.807, 2.05) is 18.7 Å². The molecule has 0 spiro atoms. The molecule has 0 heterocycles. The Hall–Kier alpha value is -1.19. The number of rotatable bonds is 8. The van der Waals surface area contributed by atoms with Gasteiger partial charge in [-0.15, -0.1) is 11.8 Å². The number of benzene rings is 2. The van der Waals surface area contributed by atoms with Gasteiger partial charge in [-0.25, -0.2) is 0 Å². The minimum Gasteiger partial charge on any atom is -0.493 e. The van der Waals surface area contributed by atoms with Crippen molar-refractivity contribution in [2.24, 2.45) is 5.92 Å². The van der Waals surface area contributed by atoms with Crippen LogP contribution in [-0.4, -0.2) is 25.6 Å². The van der Waals surface area contributed by atoms with Gasteiger partial charge in [0, 0.05) is 22.6 Å². The zero-order chi connectivity index (χ0) is 16.6. The van der Waals surface area contributed by atoms with Crippen LogP contribution in [-0.2, 0) is 4.74 Å². The molecule has 0 unspecified atom stereocenters. The second-order valence-electron chi connectivity index (χ2n) is 6.47. The predicted octanol–water partition coefficient (Wildman–Crippen LogP) is 5.93. The molecule has 3 rings (SSSR count). The highest BCUT2D eigenvalue weighted by atomic mass is 32.2. The monoisotopic (exact) mass is 344 g/mol. The summed E-state index contributed by atoms with van der Waals surface area (Å²) in [4.78, 5) is 1.32. The molecule has 0 atom stereocenters. The minimum atomic E-state index is 0.734. The summed E-state index contributed by atoms with van der Waals surface area (Å²) in [5.41, 5.74) is 0. The summed E-state index contributed by atoms with van der Waals surface area (Å²) < 4.78 is 11.7. The molecule has 1 saturated carbocycles. The minimum absolute atomic E-state index is 0.734. The lowest BCUT2D eigenvalue weighted by Gasteiger charge is -2.22. The topological polar surface area (TPSA) is 18.5 Å². The van der Waals surface area contributed by atoms with Crippen LogP contribution in [0.15, 0.2) is 41.3 Å². The molecule has 0 aromatic heterocycles. The third-order valence-electron chi connectivity index (χ3n) is 4.73. The molecule has 24 heavy (non-hydrogen) atoms. The molecule has 0 aliphatic heterocycles. The second kappa shape index (κ2) is 9.33. The standard InChI is InChI=1S/C21H28O2S/c1-2-22-14-15-24-21-13-12-20(18-10-6-7-11-19(18)21)23-16-17-8-4-3-5-9-17/h6-7,10-13,17H,2-5,8-9,14-16H2,1H3. The Morgan fingerprint density at radius 1 is 1.00 bits per heavy atom. The second-order valence-corrected chi connectivity index (χ2v) is 7.60. The Morgan fingerprint density at radius 2 is 1.79 bits per heavy atom. The highest BCUT2D eigenvalue weighted by Gasteiger charge is 2.15. The Morgan fingerprint density at radius 3 is 2.58 bits per heavy atom. The van der Waals surface area contributed by atoms with Gasteiger partial charge in [0.15, 0.2) is 0 Å². The molecule has 1 fully saturated rings. The molecular weight excluding hydrogens is 316 g/mol. The number of hydrogen-bond donors (Lipinski definition) is 0. The third-order valence-corrected chi connectivity index (χ3v) is 5.77. The number of hydrogen-bond acceptors (Lipinski definition) is 3. The summed E-state index contributed by atoms with van der Waals surface area (Å²) in [6, 6.07) is 12.9. The molecule has 0 amide bonds. The van der Waals surface area contributed by atoms with Crippen LogP contribution >= 0.6 is 11.8 Å². The normalized spacial score (nSPS) is 15.7. The fourth-order valence-corrected chi connectivity index (χ4v) is 4.33. The van der Waals surface area contributed by atoms with Crippen LogP contribution in [0, 0.1) is 5.92 Å². The largest absolute Gasteiger partial charge is 0.493 e. The van der Waals surface area contributed by atoms with E-state index in [0.717, 1.165) is 37.2 Å². The Bertz CT molecular complexity index is 635. The average molecular weight is 345 g/mol. The van der Waals surface area contributed by atoms with E-state index >= 15 is 0 Å². The maximum absolute atomic E-state index is 6.22. The van der Waals surface area contributed by atoms with Crippen molar-refractivity contribution in [3.63, 3.8) is 0 Å². The maximum atomic E-state index is 6.22. The zero-order valence-electron chi connectivity index (χ0n) is 14.6. The van der Waals surface area contributed by atoms with Crippen LogP contribution in [0.3, 0.4) is 0 Å². The van der Waals surface area contributed by atoms with Gasteiger partial charge in [-0.3, -0.25) is 0 Å². The van der Waals surface area contributed by atoms with Gasteiger partial charge in [-0.2, -0.15) is 0 Å². The molecule has 130 valence electrons. The van der Waals surface area contributed by atoms with Gasteiger partial charge >= 0.3 is 0 Å². The highest BCUT2D eigenvalue weighted by Crippen LogP contribution is 2.34. The van der Waals surface area contributed by atoms with E-state index in [1.165, 1.54) is 47.8 Å². The molecule has 2 aromatic rings. The summed E-state index contributed by atoms with van der Waals surface area (Å²) in [6.45, 7) is 4.49. The third kappa shape index (κ3) is 4.67. The van der Waals surface area contributed by atoms with Crippen LogP contribution in [0.4, 0.5) is 0 Å². The Balaban J connectivity index is 1.69. The molecule has 2 nitrogen and oxygen atoms in total. The lowest BCUT2D eigenvalue weighted by atomic mass is 9.90. The predicted molar refractivity (Wildman–Crippen MR) is 103 cm³/mol. The van der Waals surface area contributed by atoms with Crippen LogP contribution in [0.5, 0.6) is 5.75 Å². The molecular formula is C21H28O2S. The first kappa shape index (κ1) is 17.6. The van der Waals surface area contributed by atoms with E-state index in [9.17, 15) is 0 Å². The molecule has 0 radical (unpaired) electrons. The van der Waals surface area contributed by atoms with E-state index in [4.69, 9.17) is 9.47 Å². The summed E-state index contributed by atoms with van der Waals surface area (Å²) in [7, 11) is 0. The summed E-state index contributed by atoms with van der Waals surface area (Å²) >= 11 is 1.86. The summed E-state index contributed by atoms with van der Waals surface area (Å²) in [5, 5.41) is 2.52. The zero-order valence-corrected chi connectivity index (χ0v) is 15.4. The fourth-order valence-electron chi connectivity index (χ4n) is 3.41. The first-order valence-corrected chi connectivity index (χ1v) is 10.2. The van der Waals surface area contributed by atoms with Crippen molar-refractivity contribution in [2.75, 3.05) is 25.6 Å². The van der Waals surface area contributed by atoms with Gasteiger partial charge in [0.1, 0.15) is 5.75 Å². The quantitative estimate of drug-likeness (QED) is 0.437. The van der Waals surface area contributed by atoms with Crippen molar-refractivity contribution in [3.05, 3.63) is 36.4 Å². The molecule has 2 aromatic carbocycles. The number of thioether (sulfide) groups is 1. The van der Waals surface area contributed by atoms with Gasteiger partial charge in [0.25, 0.3) is 0 Å². The molecule has 0 saturated heterocycles. The Kier molecular flexibility index (Phi) is 6.86. The van der Waals surface area contributed by atoms with Crippen molar-refractivity contribution < 1.29 is 9.47 Å². The van der Waals surface area contributed by atoms with Crippen molar-refractivity contribution in [1.29, 1.82) is 0 Å². The smallest absolute Gasteiger partial charge is 0.127 e. The van der Waals surface area contributed by atoms with Crippen LogP contribution in [0.1, 0.15) is 39.0 Å². The first-order chi connectivity index (χ1) is 11.9. The lowest BCUT2D eigenvalue weighted by Crippen LogP contribution is -2.15. The maximum Gasteiger partial charge on any atom is 0.127 e. The Labute approximate surface area is 149 Å². The summed E-state index contributed by atoms with van der Waals surface area (Å²) in [6.07, 6.45) is 6.77. The van der Waals surface area contributed by atoms with Crippen molar-refractivity contribution in [1.82, 2.24) is 0 Å².